The van der Waals surface area contributed by atoms with Gasteiger partial charge in [-0.15, -0.1) is 12.4 Å². The molecule has 0 spiro atoms. The zero-order chi connectivity index (χ0) is 23.5. The first-order valence-corrected chi connectivity index (χ1v) is 9.55. The quantitative estimate of drug-likeness (QED) is 0.510. The Labute approximate surface area is 191 Å². The highest BCUT2D eigenvalue weighted by Gasteiger charge is 2.38. The lowest BCUT2D eigenvalue weighted by Gasteiger charge is -2.32. The van der Waals surface area contributed by atoms with Gasteiger partial charge in [-0.2, -0.15) is 26.3 Å². The molecule has 2 aromatic rings. The van der Waals surface area contributed by atoms with Gasteiger partial charge in [0.2, 0.25) is 0 Å². The van der Waals surface area contributed by atoms with E-state index in [9.17, 15) is 31.1 Å². The average Bonchev–Trinajstić information content (AvgIpc) is 2.71. The topological polar surface area (TPSA) is 59.0 Å². The predicted molar refractivity (Wildman–Crippen MR) is 108 cm³/mol. The summed E-state index contributed by atoms with van der Waals surface area (Å²) in [5.41, 5.74) is -1.90. The van der Waals surface area contributed by atoms with Gasteiger partial charge in [-0.1, -0.05) is 12.1 Å². The van der Waals surface area contributed by atoms with Gasteiger partial charge in [0.1, 0.15) is 11.5 Å². The van der Waals surface area contributed by atoms with Crippen LogP contribution in [0.25, 0.3) is 0 Å². The number of ether oxygens (including phenoxy) is 2. The molecule has 0 radical (unpaired) electrons. The maximum Gasteiger partial charge on any atom is 0.419 e. The number of hydrogen-bond acceptors (Lipinski definition) is 4. The lowest BCUT2D eigenvalue weighted by Crippen LogP contribution is -2.39. The summed E-state index contributed by atoms with van der Waals surface area (Å²) in [7, 11) is 0. The maximum absolute atomic E-state index is 13.2. The van der Waals surface area contributed by atoms with E-state index in [4.69, 9.17) is 14.6 Å². The molecule has 0 saturated carbocycles. The minimum absolute atomic E-state index is 0. The number of alkyl halides is 6. The minimum Gasteiger partial charge on any atom is -0.481 e. The molecule has 0 aromatic heterocycles. The molecule has 0 aliphatic carbocycles. The number of carbonyl (C=O) groups is 1. The Bertz CT molecular complexity index is 949. The summed E-state index contributed by atoms with van der Waals surface area (Å²) in [6.07, 6.45) is -10.1. The van der Waals surface area contributed by atoms with Gasteiger partial charge in [0.05, 0.1) is 30.3 Å². The number of rotatable bonds is 6. The third kappa shape index (κ3) is 7.24. The van der Waals surface area contributed by atoms with Crippen molar-refractivity contribution in [3.8, 4) is 11.5 Å². The highest BCUT2D eigenvalue weighted by atomic mass is 35.5. The summed E-state index contributed by atoms with van der Waals surface area (Å²) < 4.78 is 89.3. The normalized spacial score (nSPS) is 17.3. The van der Waals surface area contributed by atoms with Gasteiger partial charge in [0.15, 0.2) is 0 Å². The van der Waals surface area contributed by atoms with E-state index < -0.39 is 35.2 Å². The van der Waals surface area contributed by atoms with Gasteiger partial charge in [0.25, 0.3) is 0 Å². The molecule has 0 bridgehead atoms. The van der Waals surface area contributed by atoms with Crippen LogP contribution in [-0.2, 0) is 21.9 Å². The Hall–Kier alpha value is -2.50. The van der Waals surface area contributed by atoms with Crippen LogP contribution in [0, 0.1) is 0 Å². The van der Waals surface area contributed by atoms with Crippen molar-refractivity contribution in [2.24, 2.45) is 0 Å². The second-order valence-electron chi connectivity index (χ2n) is 7.18. The Morgan fingerprint density at radius 2 is 1.73 bits per heavy atom. The van der Waals surface area contributed by atoms with E-state index in [2.05, 4.69) is 0 Å². The second kappa shape index (κ2) is 10.6. The highest BCUT2D eigenvalue weighted by molar-refractivity contribution is 5.85. The molecular weight excluding hydrogens is 480 g/mol. The van der Waals surface area contributed by atoms with E-state index in [0.717, 1.165) is 0 Å². The van der Waals surface area contributed by atoms with E-state index >= 15 is 0 Å². The van der Waals surface area contributed by atoms with Gasteiger partial charge in [-0.05, 0) is 35.9 Å². The van der Waals surface area contributed by atoms with Crippen LogP contribution in [0.5, 0.6) is 11.5 Å². The molecule has 1 atom stereocenters. The van der Waals surface area contributed by atoms with Crippen molar-refractivity contribution in [1.82, 2.24) is 4.90 Å². The van der Waals surface area contributed by atoms with Crippen molar-refractivity contribution in [2.45, 2.75) is 24.9 Å². The molecular formula is C21H20ClF6NO4. The van der Waals surface area contributed by atoms with Crippen molar-refractivity contribution in [3.05, 3.63) is 59.2 Å². The Balaban J connectivity index is 0.00000385. The van der Waals surface area contributed by atoms with Crippen molar-refractivity contribution < 1.29 is 45.7 Å². The molecule has 5 nitrogen and oxygen atoms in total. The van der Waals surface area contributed by atoms with Gasteiger partial charge < -0.3 is 14.6 Å². The number of benzene rings is 2. The first kappa shape index (κ1) is 26.7. The molecule has 3 rings (SSSR count). The Morgan fingerprint density at radius 3 is 2.30 bits per heavy atom. The number of carboxylic acids is 1. The molecule has 2 aromatic carbocycles. The third-order valence-electron chi connectivity index (χ3n) is 4.89. The van der Waals surface area contributed by atoms with Gasteiger partial charge in [0, 0.05) is 19.6 Å². The van der Waals surface area contributed by atoms with Crippen molar-refractivity contribution in [2.75, 3.05) is 26.2 Å². The van der Waals surface area contributed by atoms with Crippen molar-refractivity contribution in [3.63, 3.8) is 0 Å². The summed E-state index contributed by atoms with van der Waals surface area (Å²) in [6.45, 7) is 1.73. The van der Waals surface area contributed by atoms with Crippen molar-refractivity contribution in [1.29, 1.82) is 0 Å². The lowest BCUT2D eigenvalue weighted by molar-refractivity contribution is -0.142. The molecule has 0 amide bonds. The fourth-order valence-corrected chi connectivity index (χ4v) is 3.26. The smallest absolute Gasteiger partial charge is 0.419 e. The largest absolute Gasteiger partial charge is 0.481 e. The average molecular weight is 500 g/mol. The summed E-state index contributed by atoms with van der Waals surface area (Å²) in [5, 5.41) is 8.81. The van der Waals surface area contributed by atoms with E-state index in [0.29, 0.717) is 50.0 Å². The molecule has 1 fully saturated rings. The van der Waals surface area contributed by atoms with Crippen molar-refractivity contribution >= 4 is 18.4 Å². The lowest BCUT2D eigenvalue weighted by atomic mass is 10.1. The molecule has 12 heteroatoms. The Morgan fingerprint density at radius 1 is 1.06 bits per heavy atom. The summed E-state index contributed by atoms with van der Waals surface area (Å²) >= 11 is 0. The molecule has 1 saturated heterocycles. The molecule has 1 unspecified atom stereocenters. The highest BCUT2D eigenvalue weighted by Crippen LogP contribution is 2.41. The number of nitrogens with zero attached hydrogens (tertiary/aromatic N) is 1. The summed E-state index contributed by atoms with van der Waals surface area (Å²) in [4.78, 5) is 12.7. The maximum atomic E-state index is 13.2. The fourth-order valence-electron chi connectivity index (χ4n) is 3.26. The van der Waals surface area contributed by atoms with Gasteiger partial charge >= 0.3 is 18.3 Å². The molecule has 1 heterocycles. The molecule has 33 heavy (non-hydrogen) atoms. The molecule has 1 aliphatic rings. The van der Waals surface area contributed by atoms with Crippen LogP contribution < -0.4 is 4.74 Å². The number of hydrogen-bond donors (Lipinski definition) is 1. The SMILES string of the molecule is Cl.O=C(O)CCN1CCOC(c2ccc(Oc3cc(C(F)(F)F)ccc3C(F)(F)F)cc2)C1. The molecule has 1 aliphatic heterocycles. The first-order chi connectivity index (χ1) is 14.9. The molecule has 1 N–H and O–H groups in total. The standard InChI is InChI=1S/C21H19F6NO4.ClH/c22-20(23,24)14-3-6-16(21(25,26)27)17(11-14)32-15-4-1-13(2-5-15)18-12-28(9-10-31-18)8-7-19(29)30;/h1-6,11,18H,7-10,12H2,(H,29,30);1H. The third-order valence-corrected chi connectivity index (χ3v) is 4.89. The van der Waals surface area contributed by atoms with Crippen LogP contribution in [0.2, 0.25) is 0 Å². The molecule has 182 valence electrons. The van der Waals surface area contributed by atoms with E-state index in [1.165, 1.54) is 12.1 Å². The zero-order valence-corrected chi connectivity index (χ0v) is 17.8. The minimum atomic E-state index is -4.89. The first-order valence-electron chi connectivity index (χ1n) is 9.55. The van der Waals surface area contributed by atoms with Crippen LogP contribution in [0.3, 0.4) is 0 Å². The monoisotopic (exact) mass is 499 g/mol. The van der Waals surface area contributed by atoms with E-state index in [1.807, 2.05) is 4.90 Å². The second-order valence-corrected chi connectivity index (χ2v) is 7.18. The van der Waals surface area contributed by atoms with E-state index in [-0.39, 0.29) is 30.7 Å². The van der Waals surface area contributed by atoms with Gasteiger partial charge in [-0.25, -0.2) is 0 Å². The predicted octanol–water partition coefficient (Wildman–Crippen LogP) is 5.79. The van der Waals surface area contributed by atoms with Crippen LogP contribution in [-0.4, -0.2) is 42.2 Å². The number of aliphatic carboxylic acids is 1. The van der Waals surface area contributed by atoms with Crippen LogP contribution >= 0.6 is 12.4 Å². The van der Waals surface area contributed by atoms with Crippen LogP contribution in [0.15, 0.2) is 42.5 Å². The Kier molecular flexibility index (Phi) is 8.61. The number of morpholine rings is 1. The number of carboxylic acid groups (broad SMARTS) is 1. The van der Waals surface area contributed by atoms with E-state index in [1.54, 1.807) is 12.1 Å². The zero-order valence-electron chi connectivity index (χ0n) is 16.9. The summed E-state index contributed by atoms with van der Waals surface area (Å²) in [6, 6.07) is 6.79. The number of halogens is 7. The fraction of sp³-hybridized carbons (Fsp3) is 0.381. The summed E-state index contributed by atoms with van der Waals surface area (Å²) in [5.74, 6) is -1.94. The van der Waals surface area contributed by atoms with Crippen LogP contribution in [0.4, 0.5) is 26.3 Å². The van der Waals surface area contributed by atoms with Gasteiger partial charge in [-0.3, -0.25) is 9.69 Å². The van der Waals surface area contributed by atoms with Crippen LogP contribution in [0.1, 0.15) is 29.2 Å².